The molecular formula is C14H16. The van der Waals surface area contributed by atoms with E-state index in [0.29, 0.717) is 0 Å². The van der Waals surface area contributed by atoms with Crippen molar-refractivity contribution in [2.45, 2.75) is 26.2 Å². The topological polar surface area (TPSA) is 0 Å². The van der Waals surface area contributed by atoms with Gasteiger partial charge in [0.2, 0.25) is 0 Å². The molecule has 0 spiro atoms. The zero-order valence-corrected chi connectivity index (χ0v) is 8.66. The molecule has 0 saturated heterocycles. The summed E-state index contributed by atoms with van der Waals surface area (Å²) in [4.78, 5) is 0. The largest absolute Gasteiger partial charge is 0.0812 e. The van der Waals surface area contributed by atoms with E-state index in [2.05, 4.69) is 49.4 Å². The lowest BCUT2D eigenvalue weighted by molar-refractivity contribution is 0.983. The third-order valence-electron chi connectivity index (χ3n) is 2.70. The van der Waals surface area contributed by atoms with Crippen LogP contribution in [0.25, 0.3) is 0 Å². The van der Waals surface area contributed by atoms with Gasteiger partial charge in [-0.05, 0) is 31.7 Å². The van der Waals surface area contributed by atoms with Gasteiger partial charge >= 0.3 is 0 Å². The van der Waals surface area contributed by atoms with E-state index in [9.17, 15) is 0 Å². The molecule has 0 radical (unpaired) electrons. The van der Waals surface area contributed by atoms with Gasteiger partial charge in [0.25, 0.3) is 0 Å². The van der Waals surface area contributed by atoms with Gasteiger partial charge in [0.15, 0.2) is 0 Å². The summed E-state index contributed by atoms with van der Waals surface area (Å²) in [7, 11) is 0. The normalized spacial score (nSPS) is 16.1. The molecule has 2 rings (SSSR count). The van der Waals surface area contributed by atoms with Gasteiger partial charge in [-0.1, -0.05) is 53.6 Å². The molecule has 72 valence electrons. The van der Waals surface area contributed by atoms with Crippen LogP contribution in [0.15, 0.2) is 53.6 Å². The molecule has 0 aromatic heterocycles. The van der Waals surface area contributed by atoms with E-state index in [1.165, 1.54) is 11.1 Å². The van der Waals surface area contributed by atoms with E-state index in [1.807, 2.05) is 0 Å². The highest BCUT2D eigenvalue weighted by Gasteiger charge is 2.02. The van der Waals surface area contributed by atoms with E-state index in [1.54, 1.807) is 5.57 Å². The molecule has 0 amide bonds. The first-order valence-electron chi connectivity index (χ1n) is 5.22. The van der Waals surface area contributed by atoms with Crippen molar-refractivity contribution in [3.8, 4) is 0 Å². The molecule has 0 N–H and O–H groups in total. The van der Waals surface area contributed by atoms with Crippen LogP contribution in [-0.2, 0) is 6.42 Å². The number of allylic oxidation sites excluding steroid dienone is 4. The molecule has 0 fully saturated rings. The number of hydrogen-bond donors (Lipinski definition) is 0. The van der Waals surface area contributed by atoms with Gasteiger partial charge in [0.05, 0.1) is 0 Å². The molecule has 1 aliphatic carbocycles. The second kappa shape index (κ2) is 4.28. The minimum atomic E-state index is 1.12. The lowest BCUT2D eigenvalue weighted by Gasteiger charge is -2.11. The number of rotatable bonds is 2. The van der Waals surface area contributed by atoms with Crippen LogP contribution >= 0.6 is 0 Å². The summed E-state index contributed by atoms with van der Waals surface area (Å²) in [5, 5.41) is 0. The minimum absolute atomic E-state index is 1.12. The molecular weight excluding hydrogens is 168 g/mol. The second-order valence-electron chi connectivity index (χ2n) is 3.98. The van der Waals surface area contributed by atoms with Gasteiger partial charge in [-0.25, -0.2) is 0 Å². The van der Waals surface area contributed by atoms with Gasteiger partial charge in [0, 0.05) is 0 Å². The molecule has 0 bridgehead atoms. The van der Waals surface area contributed by atoms with Gasteiger partial charge in [-0.2, -0.15) is 0 Å². The predicted octanol–water partition coefficient (Wildman–Crippen LogP) is 3.90. The summed E-state index contributed by atoms with van der Waals surface area (Å²) in [5.74, 6) is 0. The van der Waals surface area contributed by atoms with Crippen LogP contribution in [0.5, 0.6) is 0 Å². The average molecular weight is 184 g/mol. The minimum Gasteiger partial charge on any atom is -0.0812 e. The maximum absolute atomic E-state index is 2.38. The van der Waals surface area contributed by atoms with Crippen molar-refractivity contribution in [3.05, 3.63) is 59.2 Å². The molecule has 0 aliphatic heterocycles. The molecule has 0 heteroatoms. The van der Waals surface area contributed by atoms with E-state index < -0.39 is 0 Å². The average Bonchev–Trinajstić information content (AvgIpc) is 2.23. The quantitative estimate of drug-likeness (QED) is 0.611. The standard InChI is InChI=1S/C14H16/c1-12-7-9-14(10-8-12)11-13-5-3-2-4-6-13/h2-7,10H,8-9,11H2,1H3. The zero-order valence-electron chi connectivity index (χ0n) is 8.66. The molecule has 1 aromatic carbocycles. The highest BCUT2D eigenvalue weighted by Crippen LogP contribution is 2.20. The molecule has 14 heavy (non-hydrogen) atoms. The Morgan fingerprint density at radius 1 is 1.00 bits per heavy atom. The van der Waals surface area contributed by atoms with Crippen LogP contribution in [0.1, 0.15) is 25.3 Å². The van der Waals surface area contributed by atoms with E-state index in [4.69, 9.17) is 0 Å². The summed E-state index contributed by atoms with van der Waals surface area (Å²) < 4.78 is 0. The van der Waals surface area contributed by atoms with Crippen LogP contribution in [-0.4, -0.2) is 0 Å². The molecule has 0 heterocycles. The Hall–Kier alpha value is -1.30. The van der Waals surface area contributed by atoms with Gasteiger partial charge in [-0.15, -0.1) is 0 Å². The molecule has 0 nitrogen and oxygen atoms in total. The van der Waals surface area contributed by atoms with Crippen LogP contribution in [0.2, 0.25) is 0 Å². The summed E-state index contributed by atoms with van der Waals surface area (Å²) in [6.45, 7) is 2.20. The Morgan fingerprint density at radius 2 is 1.79 bits per heavy atom. The lowest BCUT2D eigenvalue weighted by atomic mass is 9.95. The summed E-state index contributed by atoms with van der Waals surface area (Å²) in [6.07, 6.45) is 8.12. The third kappa shape index (κ3) is 2.35. The van der Waals surface area contributed by atoms with Gasteiger partial charge in [0.1, 0.15) is 0 Å². The fourth-order valence-electron chi connectivity index (χ4n) is 1.78. The Morgan fingerprint density at radius 3 is 2.43 bits per heavy atom. The third-order valence-corrected chi connectivity index (χ3v) is 2.70. The summed E-state index contributed by atoms with van der Waals surface area (Å²) in [6, 6.07) is 10.7. The maximum atomic E-state index is 2.38. The van der Waals surface area contributed by atoms with Crippen LogP contribution in [0.4, 0.5) is 0 Å². The molecule has 0 saturated carbocycles. The smallest absolute Gasteiger partial charge is 0.00639 e. The Kier molecular flexibility index (Phi) is 2.83. The molecule has 1 aromatic rings. The van der Waals surface area contributed by atoms with Crippen molar-refractivity contribution >= 4 is 0 Å². The highest BCUT2D eigenvalue weighted by molar-refractivity contribution is 5.27. The van der Waals surface area contributed by atoms with E-state index in [0.717, 1.165) is 19.3 Å². The Bertz CT molecular complexity index is 355. The predicted molar refractivity (Wildman–Crippen MR) is 61.2 cm³/mol. The second-order valence-corrected chi connectivity index (χ2v) is 3.98. The Labute approximate surface area is 86.0 Å². The van der Waals surface area contributed by atoms with Crippen LogP contribution < -0.4 is 0 Å². The summed E-state index contributed by atoms with van der Waals surface area (Å²) in [5.41, 5.74) is 4.48. The van der Waals surface area contributed by atoms with E-state index in [-0.39, 0.29) is 0 Å². The highest BCUT2D eigenvalue weighted by atomic mass is 14.1. The van der Waals surface area contributed by atoms with E-state index >= 15 is 0 Å². The van der Waals surface area contributed by atoms with Crippen LogP contribution in [0.3, 0.4) is 0 Å². The first kappa shape index (κ1) is 9.26. The summed E-state index contributed by atoms with van der Waals surface area (Å²) >= 11 is 0. The van der Waals surface area contributed by atoms with Crippen molar-refractivity contribution in [3.63, 3.8) is 0 Å². The SMILES string of the molecule is CC1=CCC(Cc2ccccc2)=CC1. The molecule has 1 aliphatic rings. The van der Waals surface area contributed by atoms with Crippen LogP contribution in [0, 0.1) is 0 Å². The number of hydrogen-bond acceptors (Lipinski definition) is 0. The van der Waals surface area contributed by atoms with Crippen molar-refractivity contribution in [2.24, 2.45) is 0 Å². The fourth-order valence-corrected chi connectivity index (χ4v) is 1.78. The van der Waals surface area contributed by atoms with Crippen molar-refractivity contribution in [1.82, 2.24) is 0 Å². The van der Waals surface area contributed by atoms with Gasteiger partial charge < -0.3 is 0 Å². The van der Waals surface area contributed by atoms with Crippen molar-refractivity contribution < 1.29 is 0 Å². The molecule has 0 unspecified atom stereocenters. The first-order chi connectivity index (χ1) is 6.84. The zero-order chi connectivity index (χ0) is 9.80. The fraction of sp³-hybridized carbons (Fsp3) is 0.286. The van der Waals surface area contributed by atoms with Gasteiger partial charge in [-0.3, -0.25) is 0 Å². The number of benzene rings is 1. The van der Waals surface area contributed by atoms with Crippen molar-refractivity contribution in [2.75, 3.05) is 0 Å². The Balaban J connectivity index is 2.00. The molecule has 0 atom stereocenters. The first-order valence-corrected chi connectivity index (χ1v) is 5.22. The maximum Gasteiger partial charge on any atom is -0.00639 e. The van der Waals surface area contributed by atoms with Crippen molar-refractivity contribution in [1.29, 1.82) is 0 Å². The monoisotopic (exact) mass is 184 g/mol. The lowest BCUT2D eigenvalue weighted by Crippen LogP contribution is -1.94.